The third kappa shape index (κ3) is 2.64. The number of rotatable bonds is 1. The molecule has 3 unspecified atom stereocenters. The first-order valence-electron chi connectivity index (χ1n) is 13.4. The summed E-state index contributed by atoms with van der Waals surface area (Å²) < 4.78 is 0. The van der Waals surface area contributed by atoms with Crippen LogP contribution >= 0.6 is 0 Å². The Labute approximate surface area is 191 Å². The highest BCUT2D eigenvalue weighted by molar-refractivity contribution is 5.22. The van der Waals surface area contributed by atoms with Gasteiger partial charge in [-0.3, -0.25) is 0 Å². The number of allylic oxidation sites excluding steroid dienone is 1. The lowest BCUT2D eigenvalue weighted by atomic mass is 9.33. The SMILES string of the molecule is C=C(C)[C@@H]1CC[C@]2(O)CC[C@@]3(C)C(CC[C@@H]4[C@@]5(C)CC[C@H](O)C(C)(C)C5CC[C@]43C)C12. The van der Waals surface area contributed by atoms with Gasteiger partial charge < -0.3 is 10.2 Å². The highest BCUT2D eigenvalue weighted by atomic mass is 16.3. The summed E-state index contributed by atoms with van der Waals surface area (Å²) >= 11 is 0. The molecule has 0 aromatic carbocycles. The maximum Gasteiger partial charge on any atom is 0.0684 e. The highest BCUT2D eigenvalue weighted by Gasteiger charge is 2.70. The van der Waals surface area contributed by atoms with Crippen molar-refractivity contribution in [1.29, 1.82) is 0 Å². The van der Waals surface area contributed by atoms with Crippen LogP contribution in [-0.2, 0) is 0 Å². The molecule has 0 spiro atoms. The van der Waals surface area contributed by atoms with E-state index >= 15 is 0 Å². The second-order valence-electron chi connectivity index (χ2n) is 14.2. The van der Waals surface area contributed by atoms with Gasteiger partial charge >= 0.3 is 0 Å². The maximum absolute atomic E-state index is 11.7. The fourth-order valence-corrected chi connectivity index (χ4v) is 11.1. The van der Waals surface area contributed by atoms with Gasteiger partial charge in [0.2, 0.25) is 0 Å². The summed E-state index contributed by atoms with van der Waals surface area (Å²) in [7, 11) is 0. The summed E-state index contributed by atoms with van der Waals surface area (Å²) in [5.74, 6) is 2.90. The number of hydrogen-bond donors (Lipinski definition) is 2. The van der Waals surface area contributed by atoms with Crippen molar-refractivity contribution in [3.63, 3.8) is 0 Å². The third-order valence-electron chi connectivity index (χ3n) is 13.0. The van der Waals surface area contributed by atoms with Crippen molar-refractivity contribution in [3.8, 4) is 0 Å². The van der Waals surface area contributed by atoms with E-state index in [0.717, 1.165) is 31.6 Å². The van der Waals surface area contributed by atoms with E-state index in [9.17, 15) is 10.2 Å². The molecule has 31 heavy (non-hydrogen) atoms. The van der Waals surface area contributed by atoms with E-state index < -0.39 is 5.60 Å². The molecule has 5 rings (SSSR count). The zero-order valence-corrected chi connectivity index (χ0v) is 21.1. The van der Waals surface area contributed by atoms with E-state index in [1.165, 1.54) is 44.1 Å². The Hall–Kier alpha value is -0.340. The molecule has 0 aromatic heterocycles. The smallest absolute Gasteiger partial charge is 0.0684 e. The quantitative estimate of drug-likeness (QED) is 0.453. The first kappa shape index (κ1) is 22.5. The molecule has 5 saturated carbocycles. The molecule has 0 saturated heterocycles. The first-order valence-corrected chi connectivity index (χ1v) is 13.4. The fourth-order valence-electron chi connectivity index (χ4n) is 11.1. The van der Waals surface area contributed by atoms with Crippen LogP contribution in [0, 0.1) is 51.2 Å². The molecule has 5 aliphatic carbocycles. The summed E-state index contributed by atoms with van der Waals surface area (Å²) in [4.78, 5) is 0. The van der Waals surface area contributed by atoms with Crippen molar-refractivity contribution in [2.24, 2.45) is 51.2 Å². The Morgan fingerprint density at radius 2 is 1.48 bits per heavy atom. The second-order valence-corrected chi connectivity index (χ2v) is 14.2. The summed E-state index contributed by atoms with van der Waals surface area (Å²) in [5, 5.41) is 22.6. The molecule has 2 N–H and O–H groups in total. The summed E-state index contributed by atoms with van der Waals surface area (Å²) in [5.41, 5.74) is 1.85. The zero-order chi connectivity index (χ0) is 22.6. The van der Waals surface area contributed by atoms with Crippen LogP contribution in [0.1, 0.15) is 106 Å². The Morgan fingerprint density at radius 1 is 0.774 bits per heavy atom. The van der Waals surface area contributed by atoms with Crippen molar-refractivity contribution in [1.82, 2.24) is 0 Å². The van der Waals surface area contributed by atoms with Gasteiger partial charge in [0.25, 0.3) is 0 Å². The topological polar surface area (TPSA) is 40.5 Å². The van der Waals surface area contributed by atoms with E-state index in [0.29, 0.717) is 39.9 Å². The van der Waals surface area contributed by atoms with E-state index in [1.807, 2.05) is 0 Å². The minimum Gasteiger partial charge on any atom is -0.393 e. The van der Waals surface area contributed by atoms with Crippen LogP contribution in [0.2, 0.25) is 0 Å². The van der Waals surface area contributed by atoms with Crippen molar-refractivity contribution >= 4 is 0 Å². The maximum atomic E-state index is 11.7. The van der Waals surface area contributed by atoms with Crippen molar-refractivity contribution in [2.45, 2.75) is 117 Å². The largest absolute Gasteiger partial charge is 0.393 e. The van der Waals surface area contributed by atoms with Gasteiger partial charge in [0.05, 0.1) is 11.7 Å². The molecule has 0 radical (unpaired) electrons. The second kappa shape index (κ2) is 6.62. The standard InChI is InChI=1S/C29H48O2/c1-18(2)19-10-15-29(31)17-16-27(6)20(24(19)29)8-9-22-26(5)13-12-23(30)25(3,4)21(26)11-14-28(22,27)7/h19-24,30-31H,1,8-17H2,2-7H3/t19-,20?,21?,22+,23-,24?,26-,27-,28+,29-/m0/s1. The number of aliphatic hydroxyl groups excluding tert-OH is 1. The van der Waals surface area contributed by atoms with Crippen LogP contribution in [0.5, 0.6) is 0 Å². The minimum atomic E-state index is -0.449. The summed E-state index contributed by atoms with van der Waals surface area (Å²) in [6, 6.07) is 0. The number of fused-ring (bicyclic) bond motifs is 7. The molecule has 2 heteroatoms. The van der Waals surface area contributed by atoms with E-state index in [1.54, 1.807) is 0 Å². The van der Waals surface area contributed by atoms with E-state index in [2.05, 4.69) is 48.1 Å². The lowest BCUT2D eigenvalue weighted by Crippen LogP contribution is -2.67. The molecule has 0 aliphatic heterocycles. The molecular weight excluding hydrogens is 380 g/mol. The molecule has 0 amide bonds. The molecular formula is C29H48O2. The van der Waals surface area contributed by atoms with Crippen molar-refractivity contribution in [2.75, 3.05) is 0 Å². The highest BCUT2D eigenvalue weighted by Crippen LogP contribution is 2.76. The lowest BCUT2D eigenvalue weighted by Gasteiger charge is -2.72. The Morgan fingerprint density at radius 3 is 2.16 bits per heavy atom. The molecule has 10 atom stereocenters. The summed E-state index contributed by atoms with van der Waals surface area (Å²) in [6.07, 6.45) is 11.4. The van der Waals surface area contributed by atoms with Gasteiger partial charge in [-0.15, -0.1) is 0 Å². The Balaban J connectivity index is 1.54. The molecule has 0 aromatic rings. The minimum absolute atomic E-state index is 0.0232. The predicted octanol–water partition coefficient (Wildman–Crippen LogP) is 6.75. The number of hydrogen-bond acceptors (Lipinski definition) is 2. The van der Waals surface area contributed by atoms with Crippen LogP contribution in [0.4, 0.5) is 0 Å². The average molecular weight is 429 g/mol. The van der Waals surface area contributed by atoms with Gasteiger partial charge in [0.15, 0.2) is 0 Å². The fraction of sp³-hybridized carbons (Fsp3) is 0.931. The zero-order valence-electron chi connectivity index (χ0n) is 21.1. The molecule has 2 nitrogen and oxygen atoms in total. The van der Waals surface area contributed by atoms with E-state index in [-0.39, 0.29) is 11.5 Å². The number of aliphatic hydroxyl groups is 2. The summed E-state index contributed by atoms with van der Waals surface area (Å²) in [6.45, 7) is 19.1. The van der Waals surface area contributed by atoms with Gasteiger partial charge in [-0.1, -0.05) is 46.8 Å². The first-order chi connectivity index (χ1) is 14.3. The Bertz CT molecular complexity index is 771. The van der Waals surface area contributed by atoms with Gasteiger partial charge in [0.1, 0.15) is 0 Å². The molecule has 176 valence electrons. The van der Waals surface area contributed by atoms with Crippen molar-refractivity contribution < 1.29 is 10.2 Å². The monoisotopic (exact) mass is 428 g/mol. The molecule has 5 fully saturated rings. The predicted molar refractivity (Wildman–Crippen MR) is 127 cm³/mol. The normalized spacial score (nSPS) is 57.9. The molecule has 5 aliphatic rings. The van der Waals surface area contributed by atoms with Crippen LogP contribution < -0.4 is 0 Å². The Kier molecular flexibility index (Phi) is 4.80. The average Bonchev–Trinajstić information content (AvgIpc) is 3.04. The van der Waals surface area contributed by atoms with Crippen LogP contribution in [0.3, 0.4) is 0 Å². The van der Waals surface area contributed by atoms with Crippen LogP contribution in [0.15, 0.2) is 12.2 Å². The van der Waals surface area contributed by atoms with Crippen LogP contribution in [0.25, 0.3) is 0 Å². The van der Waals surface area contributed by atoms with Gasteiger partial charge in [-0.05, 0) is 122 Å². The van der Waals surface area contributed by atoms with Crippen molar-refractivity contribution in [3.05, 3.63) is 12.2 Å². The molecule has 0 heterocycles. The third-order valence-corrected chi connectivity index (χ3v) is 13.0. The van der Waals surface area contributed by atoms with Crippen LogP contribution in [-0.4, -0.2) is 21.9 Å². The lowest BCUT2D eigenvalue weighted by molar-refractivity contribution is -0.254. The van der Waals surface area contributed by atoms with Gasteiger partial charge in [-0.25, -0.2) is 0 Å². The van der Waals surface area contributed by atoms with E-state index in [4.69, 9.17) is 0 Å². The van der Waals surface area contributed by atoms with Gasteiger partial charge in [-0.2, -0.15) is 0 Å². The molecule has 0 bridgehead atoms. The van der Waals surface area contributed by atoms with Gasteiger partial charge in [0, 0.05) is 0 Å².